The van der Waals surface area contributed by atoms with Crippen molar-refractivity contribution in [1.82, 2.24) is 0 Å². The van der Waals surface area contributed by atoms with Crippen LogP contribution in [-0.2, 0) is 28.2 Å². The van der Waals surface area contributed by atoms with Gasteiger partial charge in [0.2, 0.25) is 0 Å². The fourth-order valence-electron chi connectivity index (χ4n) is 0.0833. The van der Waals surface area contributed by atoms with E-state index in [0.29, 0.717) is 18.7 Å². The van der Waals surface area contributed by atoms with Crippen LogP contribution in [0.2, 0.25) is 0 Å². The van der Waals surface area contributed by atoms with Crippen molar-refractivity contribution >= 4 is 5.97 Å². The molecule has 0 spiro atoms. The van der Waals surface area contributed by atoms with E-state index in [1.54, 1.807) is 0 Å². The van der Waals surface area contributed by atoms with Crippen molar-refractivity contribution in [2.24, 2.45) is 0 Å². The maximum absolute atomic E-state index is 9.84. The molecule has 0 unspecified atom stereocenters. The molecule has 0 radical (unpaired) electrons. The zero-order valence-corrected chi connectivity index (χ0v) is 7.72. The van der Waals surface area contributed by atoms with E-state index in [0.717, 1.165) is 6.08 Å². The van der Waals surface area contributed by atoms with E-state index in [-0.39, 0.29) is 0 Å². The Morgan fingerprint density at radius 1 is 1.88 bits per heavy atom. The minimum atomic E-state index is -0.394. The average Bonchev–Trinajstić information content (AvgIpc) is 1.91. The summed E-state index contributed by atoms with van der Waals surface area (Å²) in [4.78, 5) is 9.84. The van der Waals surface area contributed by atoms with Gasteiger partial charge in [0.25, 0.3) is 0 Å². The van der Waals surface area contributed by atoms with Crippen molar-refractivity contribution in [3.8, 4) is 0 Å². The van der Waals surface area contributed by atoms with Crippen molar-refractivity contribution in [2.45, 2.75) is 0 Å². The average molecular weight is 168 g/mol. The Morgan fingerprint density at radius 2 is 2.25 bits per heavy atom. The minimum absolute atomic E-state index is 0.375. The van der Waals surface area contributed by atoms with Crippen molar-refractivity contribution in [2.75, 3.05) is 7.11 Å². The monoisotopic (exact) mass is 167 g/mol. The molecule has 0 aromatic carbocycles. The van der Waals surface area contributed by atoms with E-state index in [1.165, 1.54) is 7.11 Å². The van der Waals surface area contributed by atoms with Gasteiger partial charge in [-0.1, -0.05) is 6.58 Å². The van der Waals surface area contributed by atoms with Gasteiger partial charge in [0.05, 0.1) is 7.11 Å². The number of ether oxygens (including phenoxy) is 1. The topological polar surface area (TPSA) is 46.5 Å². The van der Waals surface area contributed by atoms with Crippen LogP contribution in [0.3, 0.4) is 0 Å². The first-order chi connectivity index (χ1) is 3.81. The fraction of sp³-hybridized carbons (Fsp3) is 0.250. The van der Waals surface area contributed by atoms with Crippen LogP contribution >= 0.6 is 0 Å². The maximum atomic E-state index is 9.84. The third kappa shape index (κ3) is 9.25. The van der Waals surface area contributed by atoms with Crippen LogP contribution in [-0.4, -0.2) is 17.0 Å². The first kappa shape index (κ1) is 10.7. The van der Waals surface area contributed by atoms with E-state index >= 15 is 0 Å². The molecule has 0 aliphatic rings. The number of carbonyl (C=O) groups excluding carboxylic acids is 1. The molecule has 0 aliphatic carbocycles. The number of hydrogen-bond donors (Lipinski definition) is 1. The van der Waals surface area contributed by atoms with Gasteiger partial charge in [-0.15, -0.1) is 0 Å². The molecule has 0 atom stereocenters. The Hall–Kier alpha value is -0.207. The van der Waals surface area contributed by atoms with Gasteiger partial charge < -0.3 is 4.74 Å². The quantitative estimate of drug-likeness (QED) is 0.335. The molecule has 0 amide bonds. The van der Waals surface area contributed by atoms with Gasteiger partial charge in [0.15, 0.2) is 0 Å². The van der Waals surface area contributed by atoms with Crippen LogP contribution in [0.4, 0.5) is 0 Å². The third-order valence-corrected chi connectivity index (χ3v) is 0.368. The number of esters is 1. The van der Waals surface area contributed by atoms with Crippen molar-refractivity contribution < 1.29 is 32.1 Å². The molecule has 3 nitrogen and oxygen atoms in total. The molecular formula is C4H7O3Zn. The summed E-state index contributed by atoms with van der Waals surface area (Å²) >= 11 is 0.375. The Morgan fingerprint density at radius 3 is 2.25 bits per heavy atom. The Labute approximate surface area is 58.4 Å². The summed E-state index contributed by atoms with van der Waals surface area (Å²) < 4.78 is 11.3. The van der Waals surface area contributed by atoms with Gasteiger partial charge in [-0.3, -0.25) is 0 Å². The standard InChI is InChI=1S/C4H6O2.H2O.Zn/c1-3-4(5)6-2;;/h3H,1H2,2H3;1H2;/q;;+1/p-1. The normalized spacial score (nSPS) is 6.00. The summed E-state index contributed by atoms with van der Waals surface area (Å²) in [6.45, 7) is 3.16. The van der Waals surface area contributed by atoms with Crippen LogP contribution in [0.15, 0.2) is 12.7 Å². The third-order valence-electron chi connectivity index (χ3n) is 0.368. The zero-order chi connectivity index (χ0) is 6.99. The molecule has 0 fully saturated rings. The predicted molar refractivity (Wildman–Crippen MR) is 24.4 cm³/mol. The number of methoxy groups -OCH3 is 1. The van der Waals surface area contributed by atoms with E-state index < -0.39 is 5.97 Å². The first-order valence-corrected chi connectivity index (χ1v) is 3.16. The summed E-state index contributed by atoms with van der Waals surface area (Å²) in [7, 11) is 1.31. The van der Waals surface area contributed by atoms with Crippen molar-refractivity contribution in [3.63, 3.8) is 0 Å². The molecule has 43 valence electrons. The van der Waals surface area contributed by atoms with E-state index in [1.807, 2.05) is 0 Å². The molecule has 0 heterocycles. The van der Waals surface area contributed by atoms with Crippen LogP contribution in [0.5, 0.6) is 0 Å². The number of carbonyl (C=O) groups is 1. The van der Waals surface area contributed by atoms with Crippen molar-refractivity contribution in [3.05, 3.63) is 12.7 Å². The Kier molecular flexibility index (Phi) is 13.3. The Balaban J connectivity index is 0. The molecular weight excluding hydrogens is 161 g/mol. The van der Waals surface area contributed by atoms with Crippen molar-refractivity contribution in [1.29, 1.82) is 0 Å². The SMILES string of the molecule is C=CC(=O)OC.[OH][Zn]. The number of rotatable bonds is 1. The summed E-state index contributed by atoms with van der Waals surface area (Å²) in [5, 5.41) is 0. The molecule has 0 aromatic heterocycles. The zero-order valence-electron chi connectivity index (χ0n) is 4.76. The fourth-order valence-corrected chi connectivity index (χ4v) is 0.0833. The van der Waals surface area contributed by atoms with Crippen LogP contribution in [0.1, 0.15) is 0 Å². The van der Waals surface area contributed by atoms with E-state index in [9.17, 15) is 4.79 Å². The molecule has 0 rings (SSSR count). The van der Waals surface area contributed by atoms with Crippen LogP contribution in [0.25, 0.3) is 0 Å². The second kappa shape index (κ2) is 9.92. The summed E-state index contributed by atoms with van der Waals surface area (Å²) in [5.41, 5.74) is 0. The van der Waals surface area contributed by atoms with Gasteiger partial charge in [-0.25, -0.2) is 4.79 Å². The van der Waals surface area contributed by atoms with Gasteiger partial charge in [-0.2, -0.15) is 0 Å². The molecule has 0 saturated carbocycles. The van der Waals surface area contributed by atoms with Gasteiger partial charge in [0.1, 0.15) is 0 Å². The number of hydrogen-bond acceptors (Lipinski definition) is 3. The van der Waals surface area contributed by atoms with E-state index in [2.05, 4.69) is 11.3 Å². The second-order valence-electron chi connectivity index (χ2n) is 0.727. The molecule has 8 heavy (non-hydrogen) atoms. The van der Waals surface area contributed by atoms with E-state index in [4.69, 9.17) is 3.93 Å². The van der Waals surface area contributed by atoms with Crippen LogP contribution in [0, 0.1) is 0 Å². The van der Waals surface area contributed by atoms with Gasteiger partial charge in [-0.05, 0) is 0 Å². The summed E-state index contributed by atoms with van der Waals surface area (Å²) in [6.07, 6.45) is 1.11. The summed E-state index contributed by atoms with van der Waals surface area (Å²) in [5.74, 6) is -0.394. The molecule has 0 aromatic rings. The molecule has 0 bridgehead atoms. The van der Waals surface area contributed by atoms with Gasteiger partial charge in [0, 0.05) is 6.08 Å². The molecule has 4 heteroatoms. The Bertz CT molecular complexity index is 71.7. The molecule has 0 aliphatic heterocycles. The van der Waals surface area contributed by atoms with Crippen LogP contribution < -0.4 is 0 Å². The first-order valence-electron chi connectivity index (χ1n) is 1.83. The second-order valence-corrected chi connectivity index (χ2v) is 0.727. The molecule has 1 N–H and O–H groups in total. The molecule has 0 saturated heterocycles. The van der Waals surface area contributed by atoms with Gasteiger partial charge >= 0.3 is 28.6 Å². The summed E-state index contributed by atoms with van der Waals surface area (Å²) in [6, 6.07) is 0. The predicted octanol–water partition coefficient (Wildman–Crippen LogP) is -0.214.